The number of amides is 1. The van der Waals surface area contributed by atoms with E-state index in [-0.39, 0.29) is 5.91 Å². The highest BCUT2D eigenvalue weighted by Gasteiger charge is 2.23. The molecule has 1 aromatic carbocycles. The molecule has 5 nitrogen and oxygen atoms in total. The van der Waals surface area contributed by atoms with Crippen LogP contribution in [0.2, 0.25) is 5.02 Å². The van der Waals surface area contributed by atoms with Crippen LogP contribution in [0.1, 0.15) is 30.6 Å². The molecule has 0 saturated carbocycles. The highest BCUT2D eigenvalue weighted by Crippen LogP contribution is 2.22. The Morgan fingerprint density at radius 3 is 2.71 bits per heavy atom. The average molecular weight is 355 g/mol. The molecular formula is C18H27ClN2O3. The number of carbonyl (C=O) groups excluding carboxylic acids is 1. The number of carbonyl (C=O) groups is 1. The zero-order valence-electron chi connectivity index (χ0n) is 14.7. The van der Waals surface area contributed by atoms with Gasteiger partial charge in [-0.1, -0.05) is 25.4 Å². The number of rotatable bonds is 7. The summed E-state index contributed by atoms with van der Waals surface area (Å²) in [7, 11) is 1.55. The van der Waals surface area contributed by atoms with Gasteiger partial charge in [0, 0.05) is 30.7 Å². The number of nitrogens with one attached hydrogen (secondary N) is 1. The largest absolute Gasteiger partial charge is 0.496 e. The maximum Gasteiger partial charge on any atom is 0.255 e. The van der Waals surface area contributed by atoms with Gasteiger partial charge in [-0.05, 0) is 30.5 Å². The predicted octanol–water partition coefficient (Wildman–Crippen LogP) is 2.83. The average Bonchev–Trinajstić information content (AvgIpc) is 2.58. The lowest BCUT2D eigenvalue weighted by Crippen LogP contribution is -2.49. The van der Waals surface area contributed by atoms with Crippen LogP contribution in [0.4, 0.5) is 0 Å². The minimum atomic E-state index is -0.156. The van der Waals surface area contributed by atoms with Gasteiger partial charge in [-0.2, -0.15) is 0 Å². The summed E-state index contributed by atoms with van der Waals surface area (Å²) in [6.45, 7) is 8.34. The first-order chi connectivity index (χ1) is 11.5. The fourth-order valence-corrected chi connectivity index (χ4v) is 3.18. The van der Waals surface area contributed by atoms with Gasteiger partial charge >= 0.3 is 0 Å². The molecule has 1 atom stereocenters. The van der Waals surface area contributed by atoms with Crippen LogP contribution in [0.25, 0.3) is 0 Å². The highest BCUT2D eigenvalue weighted by atomic mass is 35.5. The number of hydrogen-bond donors (Lipinski definition) is 1. The molecule has 1 saturated heterocycles. The van der Waals surface area contributed by atoms with E-state index in [1.54, 1.807) is 25.3 Å². The SMILES string of the molecule is COc1ccc(Cl)cc1C(=O)NCC(CC(C)C)N1CCOCC1. The second kappa shape index (κ2) is 9.25. The first kappa shape index (κ1) is 19.0. The molecule has 1 fully saturated rings. The number of ether oxygens (including phenoxy) is 2. The van der Waals surface area contributed by atoms with E-state index >= 15 is 0 Å². The number of halogens is 1. The maximum atomic E-state index is 12.6. The summed E-state index contributed by atoms with van der Waals surface area (Å²) in [4.78, 5) is 15.0. The van der Waals surface area contributed by atoms with Gasteiger partial charge < -0.3 is 14.8 Å². The normalized spacial score (nSPS) is 16.9. The summed E-state index contributed by atoms with van der Waals surface area (Å²) in [6.07, 6.45) is 1.03. The lowest BCUT2D eigenvalue weighted by Gasteiger charge is -2.35. The third-order valence-corrected chi connectivity index (χ3v) is 4.45. The van der Waals surface area contributed by atoms with Crippen molar-refractivity contribution >= 4 is 17.5 Å². The lowest BCUT2D eigenvalue weighted by atomic mass is 10.0. The first-order valence-electron chi connectivity index (χ1n) is 8.44. The van der Waals surface area contributed by atoms with Gasteiger partial charge in [0.25, 0.3) is 5.91 Å². The van der Waals surface area contributed by atoms with Crippen LogP contribution in [0.5, 0.6) is 5.75 Å². The number of hydrogen-bond acceptors (Lipinski definition) is 4. The Balaban J connectivity index is 2.02. The number of methoxy groups -OCH3 is 1. The van der Waals surface area contributed by atoms with E-state index in [0.29, 0.717) is 34.8 Å². The van der Waals surface area contributed by atoms with Gasteiger partial charge in [-0.15, -0.1) is 0 Å². The molecule has 1 aromatic rings. The Morgan fingerprint density at radius 2 is 2.08 bits per heavy atom. The minimum absolute atomic E-state index is 0.156. The van der Waals surface area contributed by atoms with Crippen molar-refractivity contribution in [1.82, 2.24) is 10.2 Å². The van der Waals surface area contributed by atoms with Crippen LogP contribution >= 0.6 is 11.6 Å². The van der Waals surface area contributed by atoms with Gasteiger partial charge in [0.15, 0.2) is 0 Å². The van der Waals surface area contributed by atoms with Crippen molar-refractivity contribution < 1.29 is 14.3 Å². The topological polar surface area (TPSA) is 50.8 Å². The summed E-state index contributed by atoms with van der Waals surface area (Å²) in [5.74, 6) is 0.940. The fraction of sp³-hybridized carbons (Fsp3) is 0.611. The fourth-order valence-electron chi connectivity index (χ4n) is 3.01. The van der Waals surface area contributed by atoms with E-state index in [1.165, 1.54) is 0 Å². The summed E-state index contributed by atoms with van der Waals surface area (Å²) in [5, 5.41) is 3.56. The molecule has 0 spiro atoms. The van der Waals surface area contributed by atoms with Gasteiger partial charge in [0.2, 0.25) is 0 Å². The number of morpholine rings is 1. The van der Waals surface area contributed by atoms with Gasteiger partial charge in [-0.25, -0.2) is 0 Å². The molecule has 1 unspecified atom stereocenters. The predicted molar refractivity (Wildman–Crippen MR) is 96.0 cm³/mol. The van der Waals surface area contributed by atoms with Crippen molar-refractivity contribution in [3.05, 3.63) is 28.8 Å². The molecule has 1 aliphatic rings. The minimum Gasteiger partial charge on any atom is -0.496 e. The van der Waals surface area contributed by atoms with Crippen molar-refractivity contribution in [3.63, 3.8) is 0 Å². The van der Waals surface area contributed by atoms with Crippen LogP contribution in [0, 0.1) is 5.92 Å². The molecule has 6 heteroatoms. The Bertz CT molecular complexity index is 545. The van der Waals surface area contributed by atoms with Crippen molar-refractivity contribution in [2.75, 3.05) is 40.0 Å². The van der Waals surface area contributed by atoms with Crippen LogP contribution in [0.15, 0.2) is 18.2 Å². The molecule has 1 heterocycles. The standard InChI is InChI=1S/C18H27ClN2O3/c1-13(2)10-15(21-6-8-24-9-7-21)12-20-18(22)16-11-14(19)4-5-17(16)23-3/h4-5,11,13,15H,6-10,12H2,1-3H3,(H,20,22). The summed E-state index contributed by atoms with van der Waals surface area (Å²) >= 11 is 6.01. The number of nitrogens with zero attached hydrogens (tertiary/aromatic N) is 1. The Labute approximate surface area is 149 Å². The van der Waals surface area contributed by atoms with Crippen molar-refractivity contribution in [1.29, 1.82) is 0 Å². The summed E-state index contributed by atoms with van der Waals surface area (Å²) < 4.78 is 10.7. The highest BCUT2D eigenvalue weighted by molar-refractivity contribution is 6.31. The third-order valence-electron chi connectivity index (χ3n) is 4.21. The molecule has 1 aliphatic heterocycles. The van der Waals surface area contributed by atoms with E-state index in [2.05, 4.69) is 24.1 Å². The Morgan fingerprint density at radius 1 is 1.38 bits per heavy atom. The van der Waals surface area contributed by atoms with E-state index in [4.69, 9.17) is 21.1 Å². The zero-order valence-corrected chi connectivity index (χ0v) is 15.4. The third kappa shape index (κ3) is 5.36. The Hall–Kier alpha value is -1.30. The lowest BCUT2D eigenvalue weighted by molar-refractivity contribution is 0.0124. The quantitative estimate of drug-likeness (QED) is 0.818. The molecule has 24 heavy (non-hydrogen) atoms. The van der Waals surface area contributed by atoms with Crippen LogP contribution < -0.4 is 10.1 Å². The second-order valence-electron chi connectivity index (χ2n) is 6.49. The molecule has 0 bridgehead atoms. The monoisotopic (exact) mass is 354 g/mol. The maximum absolute atomic E-state index is 12.6. The summed E-state index contributed by atoms with van der Waals surface area (Å²) in [6, 6.07) is 5.38. The molecule has 1 amide bonds. The van der Waals surface area contributed by atoms with Crippen LogP contribution in [0.3, 0.4) is 0 Å². The molecule has 0 radical (unpaired) electrons. The second-order valence-corrected chi connectivity index (χ2v) is 6.92. The van der Waals surface area contributed by atoms with Gasteiger partial charge in [-0.3, -0.25) is 9.69 Å². The Kier molecular flexibility index (Phi) is 7.34. The summed E-state index contributed by atoms with van der Waals surface area (Å²) in [5.41, 5.74) is 0.468. The smallest absolute Gasteiger partial charge is 0.255 e. The number of benzene rings is 1. The van der Waals surface area contributed by atoms with Gasteiger partial charge in [0.05, 0.1) is 25.9 Å². The van der Waals surface area contributed by atoms with Crippen molar-refractivity contribution in [2.45, 2.75) is 26.3 Å². The molecule has 0 aromatic heterocycles. The van der Waals surface area contributed by atoms with Gasteiger partial charge in [0.1, 0.15) is 5.75 Å². The molecule has 134 valence electrons. The molecule has 1 N–H and O–H groups in total. The van der Waals surface area contributed by atoms with E-state index in [1.807, 2.05) is 0 Å². The molecular weight excluding hydrogens is 328 g/mol. The van der Waals surface area contributed by atoms with Crippen LogP contribution in [-0.2, 0) is 4.74 Å². The van der Waals surface area contributed by atoms with E-state index in [0.717, 1.165) is 32.7 Å². The van der Waals surface area contributed by atoms with E-state index < -0.39 is 0 Å². The van der Waals surface area contributed by atoms with Crippen molar-refractivity contribution in [3.8, 4) is 5.75 Å². The van der Waals surface area contributed by atoms with E-state index in [9.17, 15) is 4.79 Å². The first-order valence-corrected chi connectivity index (χ1v) is 8.82. The molecule has 0 aliphatic carbocycles. The zero-order chi connectivity index (χ0) is 17.5. The van der Waals surface area contributed by atoms with Crippen molar-refractivity contribution in [2.24, 2.45) is 5.92 Å². The van der Waals surface area contributed by atoms with Crippen LogP contribution in [-0.4, -0.2) is 56.8 Å². The molecule has 2 rings (SSSR count).